The minimum Gasteiger partial charge on any atom is -0.455 e. The predicted molar refractivity (Wildman–Crippen MR) is 116 cm³/mol. The Morgan fingerprint density at radius 2 is 1.74 bits per heavy atom. The van der Waals surface area contributed by atoms with Crippen LogP contribution in [0.15, 0.2) is 59.0 Å². The molecule has 0 fully saturated rings. The highest BCUT2D eigenvalue weighted by atomic mass is 32.1. The zero-order valence-corrected chi connectivity index (χ0v) is 15.3. The Kier molecular flexibility index (Phi) is 2.51. The molecule has 0 amide bonds. The summed E-state index contributed by atoms with van der Waals surface area (Å²) < 4.78 is 7.81. The van der Waals surface area contributed by atoms with Gasteiger partial charge in [-0.3, -0.25) is 0 Å². The molecule has 3 heterocycles. The van der Waals surface area contributed by atoms with Crippen molar-refractivity contribution in [3.63, 3.8) is 0 Å². The molecular formula is C24H15NOS. The van der Waals surface area contributed by atoms with Crippen LogP contribution in [0.1, 0.15) is 16.9 Å². The van der Waals surface area contributed by atoms with Gasteiger partial charge in [0.2, 0.25) is 0 Å². The molecule has 0 bridgehead atoms. The summed E-state index contributed by atoms with van der Waals surface area (Å²) in [5.74, 6) is 0. The van der Waals surface area contributed by atoms with E-state index in [2.05, 4.69) is 65.7 Å². The van der Waals surface area contributed by atoms with Crippen LogP contribution in [0.4, 0.5) is 0 Å². The van der Waals surface area contributed by atoms with Gasteiger partial charge in [0.05, 0.1) is 10.2 Å². The summed E-state index contributed by atoms with van der Waals surface area (Å²) in [5, 5.41) is 6.33. The summed E-state index contributed by atoms with van der Waals surface area (Å²) in [6.45, 7) is 0. The van der Waals surface area contributed by atoms with Gasteiger partial charge in [-0.2, -0.15) is 0 Å². The van der Waals surface area contributed by atoms with Crippen molar-refractivity contribution in [1.82, 2.24) is 4.98 Å². The summed E-state index contributed by atoms with van der Waals surface area (Å²) in [7, 11) is 0. The van der Waals surface area contributed by atoms with Crippen molar-refractivity contribution in [3.8, 4) is 0 Å². The largest absolute Gasteiger partial charge is 0.455 e. The van der Waals surface area contributed by atoms with Crippen molar-refractivity contribution in [2.75, 3.05) is 0 Å². The first-order chi connectivity index (χ1) is 13.4. The van der Waals surface area contributed by atoms with Gasteiger partial charge in [0.25, 0.3) is 0 Å². The minimum atomic E-state index is 0.970. The van der Waals surface area contributed by atoms with Crippen LogP contribution in [0.2, 0.25) is 0 Å². The molecule has 1 N–H and O–H groups in total. The van der Waals surface area contributed by atoms with Gasteiger partial charge in [0.1, 0.15) is 11.2 Å². The summed E-state index contributed by atoms with van der Waals surface area (Å²) >= 11 is 1.89. The van der Waals surface area contributed by atoms with E-state index in [1.807, 2.05) is 11.3 Å². The molecule has 128 valence electrons. The molecule has 0 radical (unpaired) electrons. The molecule has 0 saturated heterocycles. The molecule has 7 rings (SSSR count). The molecule has 0 atom stereocenters. The fraction of sp³-hybridized carbons (Fsp3) is 0.0833. The lowest BCUT2D eigenvalue weighted by atomic mass is 9.97. The Labute approximate surface area is 158 Å². The third-order valence-corrected chi connectivity index (χ3v) is 7.09. The Hall–Kier alpha value is -3.04. The number of fused-ring (bicyclic) bond motifs is 12. The lowest BCUT2D eigenvalue weighted by Crippen LogP contribution is -1.89. The van der Waals surface area contributed by atoms with E-state index in [1.165, 1.54) is 53.1 Å². The first kappa shape index (κ1) is 14.1. The van der Waals surface area contributed by atoms with Crippen molar-refractivity contribution in [1.29, 1.82) is 0 Å². The number of hydrogen-bond donors (Lipinski definition) is 1. The maximum absolute atomic E-state index is 6.49. The van der Waals surface area contributed by atoms with Crippen LogP contribution >= 0.6 is 11.3 Å². The van der Waals surface area contributed by atoms with Gasteiger partial charge in [-0.05, 0) is 36.6 Å². The van der Waals surface area contributed by atoms with Gasteiger partial charge in [-0.1, -0.05) is 42.5 Å². The smallest absolute Gasteiger partial charge is 0.145 e. The average molecular weight is 365 g/mol. The Morgan fingerprint density at radius 3 is 2.70 bits per heavy atom. The number of H-pyrrole nitrogens is 1. The lowest BCUT2D eigenvalue weighted by Gasteiger charge is -2.05. The van der Waals surface area contributed by atoms with Gasteiger partial charge in [0, 0.05) is 37.3 Å². The van der Waals surface area contributed by atoms with E-state index in [1.54, 1.807) is 0 Å². The van der Waals surface area contributed by atoms with Crippen LogP contribution in [0, 0.1) is 0 Å². The number of allylic oxidation sites excluding steroid dienone is 1. The SMILES string of the molecule is C1=Cc2sc3c4[nH]c5ccccc5c4c4c5ccccc5oc4c3c2CC1. The van der Waals surface area contributed by atoms with Gasteiger partial charge in [0.15, 0.2) is 0 Å². The highest BCUT2D eigenvalue weighted by Gasteiger charge is 2.24. The third-order valence-electron chi connectivity index (χ3n) is 5.87. The average Bonchev–Trinajstić information content (AvgIpc) is 3.38. The Morgan fingerprint density at radius 1 is 0.889 bits per heavy atom. The fourth-order valence-electron chi connectivity index (χ4n) is 4.74. The fourth-order valence-corrected chi connectivity index (χ4v) is 6.03. The maximum atomic E-state index is 6.49. The first-order valence-electron chi connectivity index (χ1n) is 9.36. The third kappa shape index (κ3) is 1.66. The van der Waals surface area contributed by atoms with Crippen LogP contribution in [0.25, 0.3) is 59.9 Å². The minimum absolute atomic E-state index is 0.970. The molecule has 6 aromatic rings. The first-order valence-corrected chi connectivity index (χ1v) is 10.2. The quantitative estimate of drug-likeness (QED) is 0.298. The van der Waals surface area contributed by atoms with Crippen LogP contribution in [0.5, 0.6) is 0 Å². The molecule has 1 aliphatic carbocycles. The number of para-hydroxylation sites is 2. The van der Waals surface area contributed by atoms with E-state index < -0.39 is 0 Å². The van der Waals surface area contributed by atoms with E-state index in [0.29, 0.717) is 0 Å². The molecule has 2 nitrogen and oxygen atoms in total. The number of aryl methyl sites for hydroxylation is 1. The van der Waals surface area contributed by atoms with Crippen molar-refractivity contribution in [2.45, 2.75) is 12.8 Å². The van der Waals surface area contributed by atoms with Crippen molar-refractivity contribution in [3.05, 3.63) is 65.0 Å². The number of thiophene rings is 1. The van der Waals surface area contributed by atoms with Gasteiger partial charge >= 0.3 is 0 Å². The lowest BCUT2D eigenvalue weighted by molar-refractivity contribution is 0.672. The number of aromatic nitrogens is 1. The Balaban J connectivity index is 1.90. The molecule has 0 unspecified atom stereocenters. The van der Waals surface area contributed by atoms with Crippen molar-refractivity contribution < 1.29 is 4.42 Å². The molecule has 3 aromatic heterocycles. The summed E-state index contributed by atoms with van der Waals surface area (Å²) in [5.41, 5.74) is 5.91. The zero-order chi connectivity index (χ0) is 17.5. The van der Waals surface area contributed by atoms with Crippen molar-refractivity contribution in [2.24, 2.45) is 0 Å². The zero-order valence-electron chi connectivity index (χ0n) is 14.5. The molecule has 0 aliphatic heterocycles. The van der Waals surface area contributed by atoms with E-state index in [0.717, 1.165) is 24.0 Å². The highest BCUT2D eigenvalue weighted by Crippen LogP contribution is 2.48. The number of aromatic amines is 1. The summed E-state index contributed by atoms with van der Waals surface area (Å²) in [6.07, 6.45) is 6.76. The van der Waals surface area contributed by atoms with Crippen LogP contribution in [0.3, 0.4) is 0 Å². The topological polar surface area (TPSA) is 28.9 Å². The predicted octanol–water partition coefficient (Wildman–Crippen LogP) is 7.39. The van der Waals surface area contributed by atoms with E-state index in [9.17, 15) is 0 Å². The number of nitrogens with one attached hydrogen (secondary N) is 1. The normalized spacial score (nSPS) is 14.2. The van der Waals surface area contributed by atoms with E-state index >= 15 is 0 Å². The van der Waals surface area contributed by atoms with E-state index in [-0.39, 0.29) is 0 Å². The standard InChI is InChI=1S/C24H15NOS/c1-4-10-16-13(7-1)19-20-14-8-2-5-11-17(14)26-23(20)21-15-9-3-6-12-18(15)27-24(21)22(19)25-16/h1-2,4-8,10-12,25H,3,9H2. The number of rotatable bonds is 0. The molecule has 3 aromatic carbocycles. The molecule has 27 heavy (non-hydrogen) atoms. The molecule has 0 spiro atoms. The second-order valence-corrected chi connectivity index (χ2v) is 8.37. The van der Waals surface area contributed by atoms with Crippen LogP contribution in [-0.2, 0) is 6.42 Å². The molecule has 0 saturated carbocycles. The number of benzene rings is 3. The number of furan rings is 1. The highest BCUT2D eigenvalue weighted by molar-refractivity contribution is 7.21. The molecule has 3 heteroatoms. The van der Waals surface area contributed by atoms with Crippen LogP contribution in [-0.4, -0.2) is 4.98 Å². The maximum Gasteiger partial charge on any atom is 0.145 e. The molecule has 1 aliphatic rings. The second kappa shape index (κ2) is 4.81. The van der Waals surface area contributed by atoms with Crippen molar-refractivity contribution >= 4 is 71.2 Å². The van der Waals surface area contributed by atoms with Gasteiger partial charge in [-0.15, -0.1) is 11.3 Å². The monoisotopic (exact) mass is 365 g/mol. The molecular weight excluding hydrogens is 350 g/mol. The summed E-state index contributed by atoms with van der Waals surface area (Å²) in [4.78, 5) is 5.10. The Bertz CT molecular complexity index is 1570. The summed E-state index contributed by atoms with van der Waals surface area (Å²) in [6, 6.07) is 17.0. The van der Waals surface area contributed by atoms with Gasteiger partial charge < -0.3 is 9.40 Å². The van der Waals surface area contributed by atoms with Gasteiger partial charge in [-0.25, -0.2) is 0 Å². The number of hydrogen-bond acceptors (Lipinski definition) is 2. The van der Waals surface area contributed by atoms with Crippen LogP contribution < -0.4 is 0 Å². The van der Waals surface area contributed by atoms with E-state index in [4.69, 9.17) is 4.42 Å². The second-order valence-electron chi connectivity index (χ2n) is 7.31.